The van der Waals surface area contributed by atoms with Gasteiger partial charge in [0.05, 0.1) is 20.8 Å². The number of guanidine groups is 1. The Kier molecular flexibility index (Phi) is 10.6. The predicted molar refractivity (Wildman–Crippen MR) is 118 cm³/mol. The molecular weight excluding hydrogens is 483 g/mol. The Morgan fingerprint density at radius 2 is 2.00 bits per heavy atom. The SMILES string of the molecule is COc1ccc(CCN=C(N)NCCOc2ncccc2Cl)cc1OC.I. The highest BCUT2D eigenvalue weighted by Crippen LogP contribution is 2.27. The van der Waals surface area contributed by atoms with Crippen molar-refractivity contribution in [3.05, 3.63) is 47.1 Å². The minimum absolute atomic E-state index is 0. The Morgan fingerprint density at radius 3 is 2.70 bits per heavy atom. The maximum absolute atomic E-state index is 5.96. The van der Waals surface area contributed by atoms with E-state index in [0.717, 1.165) is 12.0 Å². The first-order chi connectivity index (χ1) is 12.6. The Bertz CT molecular complexity index is 746. The molecule has 27 heavy (non-hydrogen) atoms. The first-order valence-electron chi connectivity index (χ1n) is 8.12. The molecule has 0 amide bonds. The van der Waals surface area contributed by atoms with Gasteiger partial charge in [-0.05, 0) is 36.2 Å². The lowest BCUT2D eigenvalue weighted by atomic mass is 10.1. The normalized spacial score (nSPS) is 10.7. The summed E-state index contributed by atoms with van der Waals surface area (Å²) in [5.41, 5.74) is 6.94. The van der Waals surface area contributed by atoms with Gasteiger partial charge in [0.1, 0.15) is 11.6 Å². The molecule has 2 aromatic rings. The molecule has 7 nitrogen and oxygen atoms in total. The van der Waals surface area contributed by atoms with Crippen LogP contribution in [0.2, 0.25) is 5.02 Å². The Balaban J connectivity index is 0.00000364. The number of halogens is 2. The summed E-state index contributed by atoms with van der Waals surface area (Å²) >= 11 is 5.96. The first-order valence-corrected chi connectivity index (χ1v) is 8.50. The van der Waals surface area contributed by atoms with Gasteiger partial charge in [-0.2, -0.15) is 0 Å². The number of aliphatic imine (C=N–C) groups is 1. The van der Waals surface area contributed by atoms with Crippen LogP contribution >= 0.6 is 35.6 Å². The third-order valence-electron chi connectivity index (χ3n) is 3.50. The molecule has 0 spiro atoms. The molecular formula is C18H24ClIN4O3. The van der Waals surface area contributed by atoms with Gasteiger partial charge in [-0.3, -0.25) is 4.99 Å². The molecule has 148 valence electrons. The molecule has 1 heterocycles. The second-order valence-electron chi connectivity index (χ2n) is 5.27. The van der Waals surface area contributed by atoms with Crippen LogP contribution in [0.5, 0.6) is 17.4 Å². The van der Waals surface area contributed by atoms with Gasteiger partial charge in [-0.15, -0.1) is 24.0 Å². The number of nitrogens with two attached hydrogens (primary N) is 1. The number of hydrogen-bond donors (Lipinski definition) is 2. The molecule has 9 heteroatoms. The van der Waals surface area contributed by atoms with Crippen LogP contribution in [-0.4, -0.2) is 44.9 Å². The molecule has 0 unspecified atom stereocenters. The Labute approximate surface area is 181 Å². The summed E-state index contributed by atoms with van der Waals surface area (Å²) in [5.74, 6) is 2.17. The predicted octanol–water partition coefficient (Wildman–Crippen LogP) is 2.90. The minimum atomic E-state index is 0. The molecule has 3 N–H and O–H groups in total. The Morgan fingerprint density at radius 1 is 1.22 bits per heavy atom. The van der Waals surface area contributed by atoms with Gasteiger partial charge in [0.2, 0.25) is 5.88 Å². The number of ether oxygens (including phenoxy) is 3. The summed E-state index contributed by atoms with van der Waals surface area (Å²) in [7, 11) is 3.22. The summed E-state index contributed by atoms with van der Waals surface area (Å²) in [6.45, 7) is 1.43. The van der Waals surface area contributed by atoms with Gasteiger partial charge in [0, 0.05) is 12.7 Å². The lowest BCUT2D eigenvalue weighted by Crippen LogP contribution is -2.35. The molecule has 0 fully saturated rings. The van der Waals surface area contributed by atoms with Gasteiger partial charge < -0.3 is 25.3 Å². The molecule has 2 rings (SSSR count). The fourth-order valence-electron chi connectivity index (χ4n) is 2.20. The van der Waals surface area contributed by atoms with E-state index in [1.807, 2.05) is 18.2 Å². The first kappa shape index (κ1) is 23.1. The average molecular weight is 507 g/mol. The van der Waals surface area contributed by atoms with E-state index in [4.69, 9.17) is 31.5 Å². The third-order valence-corrected chi connectivity index (χ3v) is 3.79. The van der Waals surface area contributed by atoms with Gasteiger partial charge >= 0.3 is 0 Å². The molecule has 0 saturated carbocycles. The van der Waals surface area contributed by atoms with E-state index in [1.165, 1.54) is 0 Å². The molecule has 0 saturated heterocycles. The average Bonchev–Trinajstić information content (AvgIpc) is 2.66. The van der Waals surface area contributed by atoms with Crippen LogP contribution in [0.1, 0.15) is 5.56 Å². The summed E-state index contributed by atoms with van der Waals surface area (Å²) in [6.07, 6.45) is 2.36. The van der Waals surface area contributed by atoms with E-state index < -0.39 is 0 Å². The third kappa shape index (κ3) is 7.67. The summed E-state index contributed by atoms with van der Waals surface area (Å²) in [5, 5.41) is 3.46. The van der Waals surface area contributed by atoms with Crippen molar-refractivity contribution in [2.24, 2.45) is 10.7 Å². The molecule has 0 atom stereocenters. The standard InChI is InChI=1S/C18H23ClN4O3.HI/c1-24-15-6-5-13(12-16(15)25-2)7-9-22-18(20)23-10-11-26-17-14(19)4-3-8-21-17;/h3-6,8,12H,7,9-11H2,1-2H3,(H3,20,22,23);1H. The van der Waals surface area contributed by atoms with Crippen molar-refractivity contribution in [2.75, 3.05) is 33.9 Å². The molecule has 0 aliphatic rings. The number of pyridine rings is 1. The molecule has 0 bridgehead atoms. The number of hydrogen-bond acceptors (Lipinski definition) is 5. The maximum Gasteiger partial charge on any atom is 0.232 e. The van der Waals surface area contributed by atoms with E-state index in [1.54, 1.807) is 32.5 Å². The van der Waals surface area contributed by atoms with Crippen molar-refractivity contribution in [3.8, 4) is 17.4 Å². The van der Waals surface area contributed by atoms with Crippen molar-refractivity contribution in [3.63, 3.8) is 0 Å². The van der Waals surface area contributed by atoms with Crippen molar-refractivity contribution < 1.29 is 14.2 Å². The summed E-state index contributed by atoms with van der Waals surface area (Å²) in [6, 6.07) is 9.25. The van der Waals surface area contributed by atoms with Crippen molar-refractivity contribution in [2.45, 2.75) is 6.42 Å². The number of methoxy groups -OCH3 is 2. The highest BCUT2D eigenvalue weighted by molar-refractivity contribution is 14.0. The highest BCUT2D eigenvalue weighted by Gasteiger charge is 2.04. The van der Waals surface area contributed by atoms with E-state index in [2.05, 4.69) is 15.3 Å². The highest BCUT2D eigenvalue weighted by atomic mass is 127. The minimum Gasteiger partial charge on any atom is -0.493 e. The zero-order valence-corrected chi connectivity index (χ0v) is 18.4. The molecule has 0 radical (unpaired) electrons. The van der Waals surface area contributed by atoms with Crippen molar-refractivity contribution >= 4 is 41.5 Å². The maximum atomic E-state index is 5.96. The van der Waals surface area contributed by atoms with E-state index in [0.29, 0.717) is 48.1 Å². The summed E-state index contributed by atoms with van der Waals surface area (Å²) < 4.78 is 16.0. The zero-order valence-electron chi connectivity index (χ0n) is 15.3. The van der Waals surface area contributed by atoms with Crippen LogP contribution < -0.4 is 25.3 Å². The van der Waals surface area contributed by atoms with Crippen molar-refractivity contribution in [1.29, 1.82) is 0 Å². The van der Waals surface area contributed by atoms with Crippen LogP contribution in [-0.2, 0) is 6.42 Å². The monoisotopic (exact) mass is 506 g/mol. The number of rotatable bonds is 9. The molecule has 0 aliphatic heterocycles. The number of benzene rings is 1. The lowest BCUT2D eigenvalue weighted by Gasteiger charge is -2.09. The van der Waals surface area contributed by atoms with Gasteiger partial charge in [0.25, 0.3) is 0 Å². The van der Waals surface area contributed by atoms with E-state index in [9.17, 15) is 0 Å². The van der Waals surface area contributed by atoms with Crippen LogP contribution in [0.4, 0.5) is 0 Å². The smallest absolute Gasteiger partial charge is 0.232 e. The van der Waals surface area contributed by atoms with Gasteiger partial charge in [-0.1, -0.05) is 17.7 Å². The van der Waals surface area contributed by atoms with Gasteiger partial charge in [0.15, 0.2) is 17.5 Å². The lowest BCUT2D eigenvalue weighted by molar-refractivity contribution is 0.310. The molecule has 1 aromatic carbocycles. The van der Waals surface area contributed by atoms with Gasteiger partial charge in [-0.25, -0.2) is 4.98 Å². The summed E-state index contributed by atoms with van der Waals surface area (Å²) in [4.78, 5) is 8.34. The fraction of sp³-hybridized carbons (Fsp3) is 0.333. The van der Waals surface area contributed by atoms with Crippen LogP contribution in [0.25, 0.3) is 0 Å². The largest absolute Gasteiger partial charge is 0.493 e. The second kappa shape index (κ2) is 12.4. The van der Waals surface area contributed by atoms with Crippen LogP contribution in [0.15, 0.2) is 41.5 Å². The molecule has 1 aromatic heterocycles. The molecule has 0 aliphatic carbocycles. The number of nitrogens with one attached hydrogen (secondary N) is 1. The Hall–Kier alpha value is -1.94. The van der Waals surface area contributed by atoms with Crippen LogP contribution in [0.3, 0.4) is 0 Å². The number of aromatic nitrogens is 1. The quantitative estimate of drug-likeness (QED) is 0.235. The van der Waals surface area contributed by atoms with Crippen molar-refractivity contribution in [1.82, 2.24) is 10.3 Å². The number of nitrogens with zero attached hydrogens (tertiary/aromatic N) is 2. The topological polar surface area (TPSA) is 91.0 Å². The zero-order chi connectivity index (χ0) is 18.8. The van der Waals surface area contributed by atoms with E-state index in [-0.39, 0.29) is 24.0 Å². The van der Waals surface area contributed by atoms with E-state index >= 15 is 0 Å². The second-order valence-corrected chi connectivity index (χ2v) is 5.68. The van der Waals surface area contributed by atoms with Crippen LogP contribution in [0, 0.1) is 0 Å². The fourth-order valence-corrected chi connectivity index (χ4v) is 2.38.